The van der Waals surface area contributed by atoms with Crippen molar-refractivity contribution in [2.45, 2.75) is 5.92 Å². The number of rotatable bonds is 4. The maximum absolute atomic E-state index is 12.9. The highest BCUT2D eigenvalue weighted by Gasteiger charge is 2.43. The van der Waals surface area contributed by atoms with Gasteiger partial charge in [0.25, 0.3) is 0 Å². The van der Waals surface area contributed by atoms with Gasteiger partial charge in [0.15, 0.2) is 0 Å². The Labute approximate surface area is 192 Å². The van der Waals surface area contributed by atoms with Gasteiger partial charge in [0.1, 0.15) is 17.3 Å². The van der Waals surface area contributed by atoms with Crippen molar-refractivity contribution in [2.24, 2.45) is 5.73 Å². The summed E-state index contributed by atoms with van der Waals surface area (Å²) in [5.41, 5.74) is 7.22. The zero-order valence-corrected chi connectivity index (χ0v) is 18.8. The Hall–Kier alpha value is -3.52. The molecule has 158 valence electrons. The Bertz CT molecular complexity index is 1150. The maximum Gasteiger partial charge on any atom is 0.355 e. The molecule has 1 heterocycles. The first kappa shape index (κ1) is 22.2. The lowest BCUT2D eigenvalue weighted by Gasteiger charge is -2.36. The summed E-state index contributed by atoms with van der Waals surface area (Å²) in [6, 6.07) is 15.2. The monoisotopic (exact) mass is 531 g/mol. The smallest absolute Gasteiger partial charge is 0.355 e. The fraction of sp³-hybridized carbons (Fsp3) is 0.136. The van der Waals surface area contributed by atoms with Crippen molar-refractivity contribution in [1.29, 1.82) is 5.26 Å². The van der Waals surface area contributed by atoms with Crippen LogP contribution < -0.4 is 10.6 Å². The van der Waals surface area contributed by atoms with Crippen LogP contribution in [0.25, 0.3) is 0 Å². The molecule has 0 saturated heterocycles. The van der Waals surface area contributed by atoms with E-state index in [-0.39, 0.29) is 28.4 Å². The second-order valence-electron chi connectivity index (χ2n) is 6.47. The quantitative estimate of drug-likeness (QED) is 0.456. The predicted octanol–water partition coefficient (Wildman–Crippen LogP) is 2.89. The van der Waals surface area contributed by atoms with Crippen LogP contribution >= 0.6 is 22.6 Å². The van der Waals surface area contributed by atoms with E-state index in [4.69, 9.17) is 15.2 Å². The molecule has 2 aromatic rings. The van der Waals surface area contributed by atoms with Crippen molar-refractivity contribution in [3.63, 3.8) is 0 Å². The SMILES string of the molecule is COC(=O)C1=C(C(=O)OC)N(c2ccc(O)cc2I)C(N)=C(C#N)C1c1ccccc1. The standard InChI is InChI=1S/C22H18IN3O5/c1-30-21(28)18-17(12-6-4-3-5-7-12)14(11-24)20(25)26(19(18)22(29)31-2)16-9-8-13(27)10-15(16)23/h3-10,17,27H,25H2,1-2H3. The van der Waals surface area contributed by atoms with Gasteiger partial charge in [0.2, 0.25) is 0 Å². The fourth-order valence-electron chi connectivity index (χ4n) is 3.44. The molecule has 31 heavy (non-hydrogen) atoms. The predicted molar refractivity (Wildman–Crippen MR) is 120 cm³/mol. The number of hydrogen-bond acceptors (Lipinski definition) is 8. The third kappa shape index (κ3) is 3.94. The number of nitrogens with two attached hydrogens (primary N) is 1. The van der Waals surface area contributed by atoms with E-state index >= 15 is 0 Å². The molecule has 0 radical (unpaired) electrons. The van der Waals surface area contributed by atoms with E-state index in [1.807, 2.05) is 22.6 Å². The summed E-state index contributed by atoms with van der Waals surface area (Å²) in [5, 5.41) is 19.8. The molecule has 8 nitrogen and oxygen atoms in total. The second-order valence-corrected chi connectivity index (χ2v) is 7.63. The highest BCUT2D eigenvalue weighted by Crippen LogP contribution is 2.44. The van der Waals surface area contributed by atoms with Crippen molar-refractivity contribution in [3.8, 4) is 11.8 Å². The van der Waals surface area contributed by atoms with E-state index in [2.05, 4.69) is 6.07 Å². The van der Waals surface area contributed by atoms with Gasteiger partial charge >= 0.3 is 11.9 Å². The van der Waals surface area contributed by atoms with Crippen LogP contribution in [0.4, 0.5) is 5.69 Å². The molecular weight excluding hydrogens is 513 g/mol. The number of carbonyl (C=O) groups excluding carboxylic acids is 2. The minimum Gasteiger partial charge on any atom is -0.508 e. The first-order valence-corrected chi connectivity index (χ1v) is 10.1. The van der Waals surface area contributed by atoms with Gasteiger partial charge in [0, 0.05) is 3.57 Å². The van der Waals surface area contributed by atoms with Crippen molar-refractivity contribution in [1.82, 2.24) is 0 Å². The van der Waals surface area contributed by atoms with E-state index < -0.39 is 17.9 Å². The summed E-state index contributed by atoms with van der Waals surface area (Å²) in [6.07, 6.45) is 0. The highest BCUT2D eigenvalue weighted by atomic mass is 127. The van der Waals surface area contributed by atoms with Gasteiger partial charge in [-0.05, 0) is 46.4 Å². The molecule has 0 aromatic heterocycles. The number of benzene rings is 2. The minimum absolute atomic E-state index is 0.00664. The summed E-state index contributed by atoms with van der Waals surface area (Å²) >= 11 is 1.96. The van der Waals surface area contributed by atoms with Crippen LogP contribution in [0, 0.1) is 14.9 Å². The maximum atomic E-state index is 12.9. The van der Waals surface area contributed by atoms with E-state index in [0.717, 1.165) is 0 Å². The normalized spacial score (nSPS) is 16.1. The van der Waals surface area contributed by atoms with E-state index in [1.54, 1.807) is 30.3 Å². The van der Waals surface area contributed by atoms with E-state index in [1.165, 1.54) is 37.3 Å². The number of carbonyl (C=O) groups is 2. The number of anilines is 1. The van der Waals surface area contributed by atoms with Gasteiger partial charge in [0.05, 0.1) is 43.0 Å². The van der Waals surface area contributed by atoms with Crippen molar-refractivity contribution >= 4 is 40.2 Å². The van der Waals surface area contributed by atoms with Gasteiger partial charge in [-0.15, -0.1) is 0 Å². The van der Waals surface area contributed by atoms with Crippen LogP contribution in [0.1, 0.15) is 11.5 Å². The Morgan fingerprint density at radius 3 is 2.32 bits per heavy atom. The van der Waals surface area contributed by atoms with Crippen LogP contribution in [-0.2, 0) is 19.1 Å². The number of phenolic OH excluding ortho intramolecular Hbond substituents is 1. The lowest BCUT2D eigenvalue weighted by molar-refractivity contribution is -0.139. The number of allylic oxidation sites excluding steroid dienone is 1. The molecule has 0 aliphatic carbocycles. The van der Waals surface area contributed by atoms with Gasteiger partial charge in [-0.3, -0.25) is 4.90 Å². The van der Waals surface area contributed by atoms with Gasteiger partial charge in [-0.2, -0.15) is 5.26 Å². The summed E-state index contributed by atoms with van der Waals surface area (Å²) in [7, 11) is 2.37. The molecule has 3 N–H and O–H groups in total. The number of ether oxygens (including phenoxy) is 2. The van der Waals surface area contributed by atoms with Crippen molar-refractivity contribution in [2.75, 3.05) is 19.1 Å². The van der Waals surface area contributed by atoms with Crippen LogP contribution in [0.5, 0.6) is 5.75 Å². The largest absolute Gasteiger partial charge is 0.508 e. The first-order valence-electron chi connectivity index (χ1n) is 8.99. The zero-order valence-electron chi connectivity index (χ0n) is 16.6. The summed E-state index contributed by atoms with van der Waals surface area (Å²) in [5.74, 6) is -2.59. The Balaban J connectivity index is 2.43. The van der Waals surface area contributed by atoms with Gasteiger partial charge in [-0.25, -0.2) is 9.59 Å². The topological polar surface area (TPSA) is 126 Å². The number of nitrogens with zero attached hydrogens (tertiary/aromatic N) is 2. The number of halogens is 1. The summed E-state index contributed by atoms with van der Waals surface area (Å²) < 4.78 is 10.5. The van der Waals surface area contributed by atoms with E-state index in [9.17, 15) is 20.0 Å². The molecule has 3 rings (SSSR count). The van der Waals surface area contributed by atoms with Crippen molar-refractivity contribution in [3.05, 3.63) is 80.3 Å². The molecule has 9 heteroatoms. The molecule has 1 aliphatic heterocycles. The molecule has 1 atom stereocenters. The minimum atomic E-state index is -0.932. The molecular formula is C22H18IN3O5. The number of hydrogen-bond donors (Lipinski definition) is 2. The highest BCUT2D eigenvalue weighted by molar-refractivity contribution is 14.1. The molecule has 1 aliphatic rings. The van der Waals surface area contributed by atoms with E-state index in [0.29, 0.717) is 14.8 Å². The fourth-order valence-corrected chi connectivity index (χ4v) is 4.18. The molecule has 0 amide bonds. The number of phenols is 1. The first-order chi connectivity index (χ1) is 14.8. The Morgan fingerprint density at radius 2 is 1.77 bits per heavy atom. The van der Waals surface area contributed by atoms with Crippen LogP contribution in [0.3, 0.4) is 0 Å². The Morgan fingerprint density at radius 1 is 1.13 bits per heavy atom. The van der Waals surface area contributed by atoms with Gasteiger partial charge in [-0.1, -0.05) is 30.3 Å². The summed E-state index contributed by atoms with van der Waals surface area (Å²) in [4.78, 5) is 27.2. The lowest BCUT2D eigenvalue weighted by Crippen LogP contribution is -2.41. The number of methoxy groups -OCH3 is 2. The number of esters is 2. The van der Waals surface area contributed by atoms with Crippen molar-refractivity contribution < 1.29 is 24.2 Å². The molecule has 0 fully saturated rings. The average Bonchev–Trinajstić information content (AvgIpc) is 2.78. The third-order valence-corrected chi connectivity index (χ3v) is 5.65. The van der Waals surface area contributed by atoms with Crippen LogP contribution in [0.15, 0.2) is 71.2 Å². The average molecular weight is 531 g/mol. The van der Waals surface area contributed by atoms with Gasteiger partial charge < -0.3 is 20.3 Å². The molecule has 0 saturated carbocycles. The molecule has 0 bridgehead atoms. The second kappa shape index (κ2) is 9.09. The third-order valence-electron chi connectivity index (χ3n) is 4.78. The molecule has 2 aromatic carbocycles. The van der Waals surface area contributed by atoms with Crippen LogP contribution in [-0.4, -0.2) is 31.3 Å². The Kier molecular flexibility index (Phi) is 6.50. The number of aromatic hydroxyl groups is 1. The molecule has 1 unspecified atom stereocenters. The summed E-state index contributed by atoms with van der Waals surface area (Å²) in [6.45, 7) is 0. The molecule has 0 spiro atoms. The van der Waals surface area contributed by atoms with Crippen LogP contribution in [0.2, 0.25) is 0 Å². The number of nitriles is 1. The lowest BCUT2D eigenvalue weighted by atomic mass is 9.81. The zero-order chi connectivity index (χ0) is 22.7.